The summed E-state index contributed by atoms with van der Waals surface area (Å²) in [4.78, 5) is 13.1. The average Bonchev–Trinajstić information content (AvgIpc) is 3.17. The first-order valence-corrected chi connectivity index (χ1v) is 11.4. The van der Waals surface area contributed by atoms with Crippen LogP contribution in [0.4, 0.5) is 0 Å². The summed E-state index contributed by atoms with van der Waals surface area (Å²) in [7, 11) is 2.03. The molecule has 0 aliphatic carbocycles. The summed E-state index contributed by atoms with van der Waals surface area (Å²) < 4.78 is 13.8. The number of rotatable bonds is 6. The fourth-order valence-electron chi connectivity index (χ4n) is 4.43. The van der Waals surface area contributed by atoms with Crippen LogP contribution in [0.5, 0.6) is 11.5 Å². The second-order valence-electron chi connectivity index (χ2n) is 8.33. The van der Waals surface area contributed by atoms with E-state index in [4.69, 9.17) is 21.1 Å². The zero-order valence-electron chi connectivity index (χ0n) is 18.3. The first-order valence-electron chi connectivity index (χ1n) is 11.0. The van der Waals surface area contributed by atoms with Crippen molar-refractivity contribution in [2.24, 2.45) is 7.05 Å². The number of carbonyl (C=O) groups is 1. The normalized spacial score (nSPS) is 15.9. The van der Waals surface area contributed by atoms with Crippen molar-refractivity contribution in [2.75, 3.05) is 13.2 Å². The quantitative estimate of drug-likeness (QED) is 0.424. The zero-order valence-corrected chi connectivity index (χ0v) is 19.1. The molecule has 3 aromatic carbocycles. The molecule has 0 saturated heterocycles. The molecule has 5 nitrogen and oxygen atoms in total. The number of amides is 1. The minimum absolute atomic E-state index is 0.0460. The minimum atomic E-state index is -0.231. The number of carbonyl (C=O) groups excluding carboxylic acids is 1. The van der Waals surface area contributed by atoms with Crippen LogP contribution >= 0.6 is 11.6 Å². The SMILES string of the molecule is Cn1cc([C@@H](CC(=O)NC[C@@H]2COc3ccccc3O2)c2cccc(Cl)c2)c2ccccc21. The van der Waals surface area contributed by atoms with Crippen LogP contribution in [0.15, 0.2) is 79.0 Å². The molecule has 33 heavy (non-hydrogen) atoms. The summed E-state index contributed by atoms with van der Waals surface area (Å²) in [6.45, 7) is 0.781. The van der Waals surface area contributed by atoms with E-state index < -0.39 is 0 Å². The van der Waals surface area contributed by atoms with E-state index >= 15 is 0 Å². The number of hydrogen-bond donors (Lipinski definition) is 1. The third-order valence-corrected chi connectivity index (χ3v) is 6.27. The maximum Gasteiger partial charge on any atom is 0.221 e. The molecule has 0 fully saturated rings. The lowest BCUT2D eigenvalue weighted by molar-refractivity contribution is -0.121. The van der Waals surface area contributed by atoms with Gasteiger partial charge >= 0.3 is 0 Å². The van der Waals surface area contributed by atoms with Gasteiger partial charge in [-0.1, -0.05) is 54.1 Å². The van der Waals surface area contributed by atoms with E-state index in [9.17, 15) is 4.79 Å². The van der Waals surface area contributed by atoms with Crippen molar-refractivity contribution >= 4 is 28.4 Å². The van der Waals surface area contributed by atoms with Crippen LogP contribution in [0.1, 0.15) is 23.5 Å². The first-order chi connectivity index (χ1) is 16.1. The van der Waals surface area contributed by atoms with E-state index in [0.717, 1.165) is 27.8 Å². The molecule has 2 heterocycles. The lowest BCUT2D eigenvalue weighted by Gasteiger charge is -2.26. The third kappa shape index (κ3) is 4.55. The zero-order chi connectivity index (χ0) is 22.8. The van der Waals surface area contributed by atoms with Gasteiger partial charge in [-0.3, -0.25) is 4.79 Å². The Morgan fingerprint density at radius 3 is 2.73 bits per heavy atom. The summed E-state index contributed by atoms with van der Waals surface area (Å²) in [6.07, 6.45) is 2.18. The molecular weight excluding hydrogens is 436 g/mol. The van der Waals surface area contributed by atoms with E-state index in [1.165, 1.54) is 0 Å². The fourth-order valence-corrected chi connectivity index (χ4v) is 4.63. The highest BCUT2D eigenvalue weighted by molar-refractivity contribution is 6.30. The lowest BCUT2D eigenvalue weighted by atomic mass is 9.88. The summed E-state index contributed by atoms with van der Waals surface area (Å²) in [5.41, 5.74) is 3.25. The van der Waals surface area contributed by atoms with Crippen molar-refractivity contribution in [1.82, 2.24) is 9.88 Å². The minimum Gasteiger partial charge on any atom is -0.486 e. The van der Waals surface area contributed by atoms with Gasteiger partial charge in [0.15, 0.2) is 11.5 Å². The van der Waals surface area contributed by atoms with Gasteiger partial charge in [0.1, 0.15) is 12.7 Å². The van der Waals surface area contributed by atoms with Crippen molar-refractivity contribution in [3.05, 3.63) is 95.1 Å². The van der Waals surface area contributed by atoms with Gasteiger partial charge in [0.05, 0.1) is 6.54 Å². The Labute approximate surface area is 197 Å². The van der Waals surface area contributed by atoms with Gasteiger partial charge in [0.2, 0.25) is 5.91 Å². The van der Waals surface area contributed by atoms with Crippen LogP contribution in [0, 0.1) is 0 Å². The molecule has 4 aromatic rings. The maximum atomic E-state index is 13.1. The Kier molecular flexibility index (Phi) is 5.97. The highest BCUT2D eigenvalue weighted by Crippen LogP contribution is 2.35. The largest absolute Gasteiger partial charge is 0.486 e. The van der Waals surface area contributed by atoms with E-state index in [-0.39, 0.29) is 17.9 Å². The van der Waals surface area contributed by atoms with Crippen molar-refractivity contribution in [3.8, 4) is 11.5 Å². The maximum absolute atomic E-state index is 13.1. The Morgan fingerprint density at radius 2 is 1.88 bits per heavy atom. The van der Waals surface area contributed by atoms with Gasteiger partial charge in [0.25, 0.3) is 0 Å². The number of aryl methyl sites for hydroxylation is 1. The Hall–Kier alpha value is -3.44. The molecule has 1 aliphatic heterocycles. The van der Waals surface area contributed by atoms with E-state index in [1.54, 1.807) is 0 Å². The van der Waals surface area contributed by atoms with Crippen LogP contribution in [0.25, 0.3) is 10.9 Å². The number of aromatic nitrogens is 1. The predicted molar refractivity (Wildman–Crippen MR) is 130 cm³/mol. The number of nitrogens with one attached hydrogen (secondary N) is 1. The molecule has 2 atom stereocenters. The monoisotopic (exact) mass is 460 g/mol. The van der Waals surface area contributed by atoms with Gasteiger partial charge in [0, 0.05) is 41.5 Å². The number of fused-ring (bicyclic) bond motifs is 2. The van der Waals surface area contributed by atoms with Gasteiger partial charge in [-0.05, 0) is 41.5 Å². The molecule has 0 unspecified atom stereocenters. The number of nitrogens with zero attached hydrogens (tertiary/aromatic N) is 1. The van der Waals surface area contributed by atoms with Gasteiger partial charge < -0.3 is 19.4 Å². The topological polar surface area (TPSA) is 52.5 Å². The Morgan fingerprint density at radius 1 is 1.09 bits per heavy atom. The van der Waals surface area contributed by atoms with Gasteiger partial charge in [-0.25, -0.2) is 0 Å². The van der Waals surface area contributed by atoms with Crippen LogP contribution in [-0.4, -0.2) is 29.7 Å². The van der Waals surface area contributed by atoms with Crippen molar-refractivity contribution in [2.45, 2.75) is 18.4 Å². The van der Waals surface area contributed by atoms with Crippen LogP contribution in [0.3, 0.4) is 0 Å². The first kappa shape index (κ1) is 21.4. The summed E-state index contributed by atoms with van der Waals surface area (Å²) in [5, 5.41) is 4.83. The molecule has 0 saturated carbocycles. The van der Waals surface area contributed by atoms with E-state index in [1.807, 2.05) is 67.7 Å². The Bertz CT molecular complexity index is 1300. The molecule has 1 aliphatic rings. The predicted octanol–water partition coefficient (Wildman–Crippen LogP) is 5.31. The summed E-state index contributed by atoms with van der Waals surface area (Å²) in [5.74, 6) is 1.27. The van der Waals surface area contributed by atoms with E-state index in [0.29, 0.717) is 30.3 Å². The number of halogens is 1. The summed E-state index contributed by atoms with van der Waals surface area (Å²) in [6, 6.07) is 23.6. The van der Waals surface area contributed by atoms with Crippen LogP contribution in [0.2, 0.25) is 5.02 Å². The number of benzene rings is 3. The number of hydrogen-bond acceptors (Lipinski definition) is 3. The number of para-hydroxylation sites is 3. The highest BCUT2D eigenvalue weighted by atomic mass is 35.5. The molecule has 0 radical (unpaired) electrons. The average molecular weight is 461 g/mol. The number of ether oxygens (including phenoxy) is 2. The van der Waals surface area contributed by atoms with Crippen LogP contribution in [-0.2, 0) is 11.8 Å². The standard InChI is InChI=1S/C27H25ClN2O3/c1-30-16-23(21-9-2-3-10-24(21)30)22(18-7-6-8-19(28)13-18)14-27(31)29-15-20-17-32-25-11-4-5-12-26(25)33-20/h2-13,16,20,22H,14-15,17H2,1H3,(H,29,31)/t20-,22+/m1/s1. The molecule has 168 valence electrons. The molecule has 5 rings (SSSR count). The fraction of sp³-hybridized carbons (Fsp3) is 0.222. The third-order valence-electron chi connectivity index (χ3n) is 6.04. The summed E-state index contributed by atoms with van der Waals surface area (Å²) >= 11 is 6.30. The van der Waals surface area contributed by atoms with Gasteiger partial charge in [-0.2, -0.15) is 0 Å². The lowest BCUT2D eigenvalue weighted by Crippen LogP contribution is -2.41. The van der Waals surface area contributed by atoms with Crippen LogP contribution < -0.4 is 14.8 Å². The van der Waals surface area contributed by atoms with Crippen molar-refractivity contribution in [1.29, 1.82) is 0 Å². The smallest absolute Gasteiger partial charge is 0.221 e. The molecule has 0 spiro atoms. The highest BCUT2D eigenvalue weighted by Gasteiger charge is 2.25. The molecular formula is C27H25ClN2O3. The van der Waals surface area contributed by atoms with Crippen molar-refractivity contribution < 1.29 is 14.3 Å². The van der Waals surface area contributed by atoms with Crippen molar-refractivity contribution in [3.63, 3.8) is 0 Å². The van der Waals surface area contributed by atoms with E-state index in [2.05, 4.69) is 28.2 Å². The Balaban J connectivity index is 1.35. The second-order valence-corrected chi connectivity index (χ2v) is 8.76. The molecule has 1 amide bonds. The molecule has 6 heteroatoms. The molecule has 1 N–H and O–H groups in total. The van der Waals surface area contributed by atoms with Gasteiger partial charge in [-0.15, -0.1) is 0 Å². The molecule has 0 bridgehead atoms. The molecule has 1 aromatic heterocycles. The second kappa shape index (κ2) is 9.20.